The first-order valence-corrected chi connectivity index (χ1v) is 22.6. The van der Waals surface area contributed by atoms with Gasteiger partial charge in [-0.15, -0.1) is 0 Å². The van der Waals surface area contributed by atoms with E-state index in [4.69, 9.17) is 17.2 Å². The van der Waals surface area contributed by atoms with Crippen molar-refractivity contribution in [1.82, 2.24) is 30.9 Å². The van der Waals surface area contributed by atoms with E-state index < -0.39 is 5.92 Å². The highest BCUT2D eigenvalue weighted by molar-refractivity contribution is 6.03. The fraction of sp³-hybridized carbons (Fsp3) is 0.127. The Kier molecular flexibility index (Phi) is 13.1. The fourth-order valence-electron chi connectivity index (χ4n) is 8.92. The molecule has 9 aromatic rings. The molecule has 0 fully saturated rings. The van der Waals surface area contributed by atoms with Crippen LogP contribution in [0.3, 0.4) is 0 Å². The van der Waals surface area contributed by atoms with Crippen LogP contribution in [0.2, 0.25) is 0 Å². The molecule has 0 saturated carbocycles. The van der Waals surface area contributed by atoms with Crippen LogP contribution in [0.5, 0.6) is 0 Å². The molecule has 0 aliphatic carbocycles. The van der Waals surface area contributed by atoms with E-state index in [1.54, 1.807) is 55.0 Å². The minimum Gasteiger partial charge on any atom is -0.398 e. The predicted octanol–water partition coefficient (Wildman–Crippen LogP) is 6.68. The first kappa shape index (κ1) is 45.9. The number of ketones is 3. The molecule has 0 spiro atoms. The number of benzene rings is 6. The van der Waals surface area contributed by atoms with Crippen LogP contribution in [0.4, 0.5) is 17.1 Å². The van der Waals surface area contributed by atoms with Gasteiger partial charge in [0.25, 0.3) is 0 Å². The average Bonchev–Trinajstić information content (AvgIpc) is 4.10. The van der Waals surface area contributed by atoms with Crippen molar-refractivity contribution in [3.8, 4) is 0 Å². The minimum atomic E-state index is -0.764. The van der Waals surface area contributed by atoms with Crippen LogP contribution in [-0.2, 0) is 33.6 Å². The van der Waals surface area contributed by atoms with Gasteiger partial charge in [0, 0.05) is 91.0 Å². The van der Waals surface area contributed by atoms with Crippen LogP contribution in [0, 0.1) is 0 Å². The van der Waals surface area contributed by atoms with Gasteiger partial charge >= 0.3 is 0 Å². The molecule has 0 atom stereocenters. The lowest BCUT2D eigenvalue weighted by Gasteiger charge is -2.24. The molecule has 15 nitrogen and oxygen atoms in total. The Labute approximate surface area is 401 Å². The zero-order valence-corrected chi connectivity index (χ0v) is 37.9. The third-order valence-electron chi connectivity index (χ3n) is 12.6. The Morgan fingerprint density at radius 2 is 0.686 bits per heavy atom. The molecular formula is C55H49N9O6. The summed E-state index contributed by atoms with van der Waals surface area (Å²) in [5.41, 5.74) is 28.4. The molecule has 0 aliphatic heterocycles. The number of fused-ring (bicyclic) bond motifs is 3. The van der Waals surface area contributed by atoms with E-state index in [2.05, 4.69) is 30.9 Å². The third-order valence-corrected chi connectivity index (χ3v) is 12.6. The topological polar surface area (TPSA) is 264 Å². The Bertz CT molecular complexity index is 3150. The highest BCUT2D eigenvalue weighted by Gasteiger charge is 2.26. The summed E-state index contributed by atoms with van der Waals surface area (Å²) < 4.78 is 0. The van der Waals surface area contributed by atoms with Crippen LogP contribution in [-0.4, -0.2) is 69.7 Å². The standard InChI is InChI=1S/C55H49N9O6/c56-43-19-31(49(65)28-62-52(68)22-34-25-59-46-10-4-1-7-37(34)46)13-16-40(43)55(41-17-14-32(20-44(41)57)50(66)29-63-53(69)23-35-26-60-47-11-5-2-8-38(35)47)42-18-15-33(21-45(42)58)51(67)30-64-54(70)24-36-27-61-48-12-6-3-9-39(36)48/h1-21,25-27,55,59-61H,22-24,28-30,56-58H2,(H,62,68)(H,63,69)(H,64,70). The molecule has 12 N–H and O–H groups in total. The molecule has 6 aromatic carbocycles. The fourth-order valence-corrected chi connectivity index (χ4v) is 8.92. The van der Waals surface area contributed by atoms with Crippen LogP contribution < -0.4 is 33.2 Å². The van der Waals surface area contributed by atoms with Crippen LogP contribution in [0.15, 0.2) is 146 Å². The van der Waals surface area contributed by atoms with Crippen molar-refractivity contribution in [2.24, 2.45) is 0 Å². The second-order valence-electron chi connectivity index (χ2n) is 17.2. The number of aromatic amines is 3. The van der Waals surface area contributed by atoms with E-state index in [0.717, 1.165) is 49.4 Å². The summed E-state index contributed by atoms with van der Waals surface area (Å²) in [4.78, 5) is 88.6. The summed E-state index contributed by atoms with van der Waals surface area (Å²) in [6.07, 6.45) is 5.58. The van der Waals surface area contributed by atoms with Crippen molar-refractivity contribution in [2.75, 3.05) is 36.8 Å². The van der Waals surface area contributed by atoms with E-state index in [-0.39, 0.29) is 108 Å². The smallest absolute Gasteiger partial charge is 0.224 e. The Morgan fingerprint density at radius 3 is 0.971 bits per heavy atom. The maximum atomic E-state index is 13.5. The molecule has 0 aliphatic rings. The first-order chi connectivity index (χ1) is 33.9. The summed E-state index contributed by atoms with van der Waals surface area (Å²) in [6, 6.07) is 37.4. The number of carbonyl (C=O) groups is 6. The number of rotatable bonds is 18. The van der Waals surface area contributed by atoms with Crippen molar-refractivity contribution >= 4 is 84.8 Å². The number of hydrogen-bond acceptors (Lipinski definition) is 9. The van der Waals surface area contributed by atoms with Gasteiger partial charge in [-0.3, -0.25) is 28.8 Å². The monoisotopic (exact) mass is 931 g/mol. The number of hydrogen-bond donors (Lipinski definition) is 9. The number of nitrogens with one attached hydrogen (secondary N) is 6. The number of para-hydroxylation sites is 3. The summed E-state index contributed by atoms with van der Waals surface area (Å²) >= 11 is 0. The largest absolute Gasteiger partial charge is 0.398 e. The normalized spacial score (nSPS) is 11.3. The van der Waals surface area contributed by atoms with Gasteiger partial charge < -0.3 is 48.1 Å². The summed E-state index contributed by atoms with van der Waals surface area (Å²) in [7, 11) is 0. The van der Waals surface area contributed by atoms with Gasteiger partial charge in [0.1, 0.15) is 0 Å². The number of nitrogen functional groups attached to an aromatic ring is 3. The summed E-state index contributed by atoms with van der Waals surface area (Å²) in [5, 5.41) is 10.9. The number of nitrogens with two attached hydrogens (primary N) is 3. The van der Waals surface area contributed by atoms with Crippen molar-refractivity contribution < 1.29 is 28.8 Å². The molecule has 3 aromatic heterocycles. The van der Waals surface area contributed by atoms with Crippen LogP contribution in [0.1, 0.15) is 70.4 Å². The van der Waals surface area contributed by atoms with E-state index in [1.165, 1.54) is 18.2 Å². The molecule has 0 unspecified atom stereocenters. The Morgan fingerprint density at radius 1 is 0.400 bits per heavy atom. The number of anilines is 3. The molecule has 0 bridgehead atoms. The highest BCUT2D eigenvalue weighted by atomic mass is 16.2. The second kappa shape index (κ2) is 19.9. The maximum absolute atomic E-state index is 13.5. The van der Waals surface area contributed by atoms with Gasteiger partial charge in [-0.2, -0.15) is 0 Å². The first-order valence-electron chi connectivity index (χ1n) is 22.6. The van der Waals surface area contributed by atoms with Gasteiger partial charge in [0.2, 0.25) is 17.7 Å². The molecule has 0 saturated heterocycles. The zero-order valence-electron chi connectivity index (χ0n) is 37.9. The number of H-pyrrole nitrogens is 3. The lowest BCUT2D eigenvalue weighted by molar-refractivity contribution is -0.121. The van der Waals surface area contributed by atoms with E-state index in [1.807, 2.05) is 72.8 Å². The number of carbonyl (C=O) groups excluding carboxylic acids is 6. The lowest BCUT2D eigenvalue weighted by atomic mass is 9.81. The van der Waals surface area contributed by atoms with Crippen LogP contribution >= 0.6 is 0 Å². The van der Waals surface area contributed by atoms with Gasteiger partial charge in [-0.05, 0) is 69.8 Å². The van der Waals surface area contributed by atoms with Crippen molar-refractivity contribution in [1.29, 1.82) is 0 Å². The van der Waals surface area contributed by atoms with E-state index in [9.17, 15) is 28.8 Å². The lowest BCUT2D eigenvalue weighted by Crippen LogP contribution is -2.31. The molecule has 3 heterocycles. The Hall–Kier alpha value is -9.24. The maximum Gasteiger partial charge on any atom is 0.224 e. The molecular weight excluding hydrogens is 883 g/mol. The molecule has 3 amide bonds. The number of aromatic nitrogens is 3. The third kappa shape index (κ3) is 9.89. The average molecular weight is 932 g/mol. The predicted molar refractivity (Wildman–Crippen MR) is 272 cm³/mol. The Balaban J connectivity index is 0.925. The molecule has 70 heavy (non-hydrogen) atoms. The molecule has 9 rings (SSSR count). The second-order valence-corrected chi connectivity index (χ2v) is 17.2. The number of amides is 3. The van der Waals surface area contributed by atoms with E-state index in [0.29, 0.717) is 16.7 Å². The van der Waals surface area contributed by atoms with Gasteiger partial charge in [0.15, 0.2) is 17.3 Å². The van der Waals surface area contributed by atoms with Crippen molar-refractivity contribution in [3.63, 3.8) is 0 Å². The van der Waals surface area contributed by atoms with Crippen molar-refractivity contribution in [3.05, 3.63) is 196 Å². The molecule has 0 radical (unpaired) electrons. The molecule has 15 heteroatoms. The van der Waals surface area contributed by atoms with Gasteiger partial charge in [-0.25, -0.2) is 0 Å². The molecule has 350 valence electrons. The summed E-state index contributed by atoms with van der Waals surface area (Å²) in [6.45, 7) is -0.788. The van der Waals surface area contributed by atoms with E-state index >= 15 is 0 Å². The SMILES string of the molecule is Nc1cc(C(=O)CNC(=O)Cc2c[nH]c3ccccc23)ccc1C(c1ccc(C(=O)CNC(=O)Cc2c[nH]c3ccccc23)cc1N)c1ccc(C(=O)CNC(=O)Cc2c[nH]c3ccccc23)cc1N. The highest BCUT2D eigenvalue weighted by Crippen LogP contribution is 2.41. The zero-order chi connectivity index (χ0) is 48.9. The van der Waals surface area contributed by atoms with Crippen molar-refractivity contribution in [2.45, 2.75) is 25.2 Å². The van der Waals surface area contributed by atoms with Gasteiger partial charge in [0.05, 0.1) is 38.9 Å². The quantitative estimate of drug-likeness (QED) is 0.0252. The number of Topliss-reactive ketones (excluding diaryl/α,β-unsaturated/α-hetero) is 3. The van der Waals surface area contributed by atoms with Gasteiger partial charge in [-0.1, -0.05) is 91.0 Å². The minimum absolute atomic E-state index is 0.0819. The summed E-state index contributed by atoms with van der Waals surface area (Å²) in [5.74, 6) is -2.83. The van der Waals surface area contributed by atoms with Crippen LogP contribution in [0.25, 0.3) is 32.7 Å².